The Morgan fingerprint density at radius 2 is 2.37 bits per heavy atom. The molecule has 0 aliphatic heterocycles. The molecule has 4 nitrogen and oxygen atoms in total. The van der Waals surface area contributed by atoms with Crippen molar-refractivity contribution in [1.82, 2.24) is 4.98 Å². The highest BCUT2D eigenvalue weighted by atomic mass is 16.2. The molecule has 1 saturated carbocycles. The molecule has 0 aromatic carbocycles. The minimum atomic E-state index is 0.0708. The van der Waals surface area contributed by atoms with Gasteiger partial charge in [-0.15, -0.1) is 0 Å². The summed E-state index contributed by atoms with van der Waals surface area (Å²) in [5.41, 5.74) is 5.95. The van der Waals surface area contributed by atoms with E-state index in [9.17, 15) is 4.79 Å². The van der Waals surface area contributed by atoms with Crippen LogP contribution in [0.15, 0.2) is 18.2 Å². The van der Waals surface area contributed by atoms with Gasteiger partial charge in [0.1, 0.15) is 11.5 Å². The van der Waals surface area contributed by atoms with Gasteiger partial charge in [-0.05, 0) is 36.8 Å². The maximum atomic E-state index is 12.1. The van der Waals surface area contributed by atoms with Gasteiger partial charge in [0.15, 0.2) is 0 Å². The zero-order chi connectivity index (χ0) is 13.7. The molecule has 1 fully saturated rings. The lowest BCUT2D eigenvalue weighted by atomic mass is 9.97. The van der Waals surface area contributed by atoms with E-state index < -0.39 is 0 Å². The summed E-state index contributed by atoms with van der Waals surface area (Å²) < 4.78 is 0. The molecule has 2 atom stereocenters. The number of hydrogen-bond acceptors (Lipinski definition) is 3. The van der Waals surface area contributed by atoms with Crippen LogP contribution in [-0.2, 0) is 4.79 Å². The number of pyridine rings is 1. The van der Waals surface area contributed by atoms with Crippen molar-refractivity contribution >= 4 is 11.7 Å². The van der Waals surface area contributed by atoms with Gasteiger partial charge >= 0.3 is 0 Å². The zero-order valence-electron chi connectivity index (χ0n) is 11.1. The normalized spacial score (nSPS) is 21.6. The molecule has 2 rings (SSSR count). The van der Waals surface area contributed by atoms with Crippen LogP contribution in [0, 0.1) is 23.7 Å². The summed E-state index contributed by atoms with van der Waals surface area (Å²) in [6, 6.07) is 5.42. The number of nitrogens with one attached hydrogen (secondary N) is 1. The molecule has 1 aromatic heterocycles. The topological polar surface area (TPSA) is 68.0 Å². The Hall–Kier alpha value is -1.86. The van der Waals surface area contributed by atoms with Crippen molar-refractivity contribution < 1.29 is 4.79 Å². The third-order valence-corrected chi connectivity index (χ3v) is 3.52. The molecule has 1 aromatic rings. The van der Waals surface area contributed by atoms with E-state index in [1.54, 1.807) is 12.1 Å². The van der Waals surface area contributed by atoms with E-state index in [4.69, 9.17) is 5.73 Å². The van der Waals surface area contributed by atoms with Crippen molar-refractivity contribution in [1.29, 1.82) is 0 Å². The number of amides is 1. The molecule has 4 heteroatoms. The van der Waals surface area contributed by atoms with E-state index >= 15 is 0 Å². The summed E-state index contributed by atoms with van der Waals surface area (Å²) in [5.74, 6) is 6.81. The number of hydrogen-bond donors (Lipinski definition) is 2. The van der Waals surface area contributed by atoms with Crippen molar-refractivity contribution in [2.45, 2.75) is 26.2 Å². The molecule has 1 heterocycles. The fourth-order valence-corrected chi connectivity index (χ4v) is 2.47. The molecule has 0 spiro atoms. The van der Waals surface area contributed by atoms with E-state index in [-0.39, 0.29) is 11.8 Å². The van der Waals surface area contributed by atoms with Gasteiger partial charge in [-0.3, -0.25) is 4.79 Å². The Labute approximate surface area is 113 Å². The van der Waals surface area contributed by atoms with E-state index in [1.165, 1.54) is 0 Å². The second-order valence-electron chi connectivity index (χ2n) is 4.92. The summed E-state index contributed by atoms with van der Waals surface area (Å²) in [4.78, 5) is 16.4. The lowest BCUT2D eigenvalue weighted by Crippen LogP contribution is -2.25. The number of rotatable bonds is 2. The van der Waals surface area contributed by atoms with Gasteiger partial charge in [-0.25, -0.2) is 4.98 Å². The maximum absolute atomic E-state index is 12.1. The monoisotopic (exact) mass is 257 g/mol. The standard InChI is InChI=1S/C15H19N3O/c1-11-5-2-8-13(11)15(19)18-14-9-3-6-12(17-14)7-4-10-16/h3,6,9,11,13H,2,5,8,10,16H2,1H3,(H,17,18,19). The molecule has 1 amide bonds. The van der Waals surface area contributed by atoms with Crippen LogP contribution in [0.25, 0.3) is 0 Å². The van der Waals surface area contributed by atoms with Gasteiger partial charge in [0, 0.05) is 5.92 Å². The first-order valence-electron chi connectivity index (χ1n) is 6.67. The van der Waals surface area contributed by atoms with Crippen LogP contribution >= 0.6 is 0 Å². The number of aromatic nitrogens is 1. The molecule has 3 N–H and O–H groups in total. The van der Waals surface area contributed by atoms with Crippen LogP contribution in [-0.4, -0.2) is 17.4 Å². The predicted octanol–water partition coefficient (Wildman–Crippen LogP) is 1.77. The minimum absolute atomic E-state index is 0.0708. The van der Waals surface area contributed by atoms with Gasteiger partial charge in [-0.2, -0.15) is 0 Å². The first-order chi connectivity index (χ1) is 9.20. The summed E-state index contributed by atoms with van der Waals surface area (Å²) in [7, 11) is 0. The van der Waals surface area contributed by atoms with Crippen LogP contribution < -0.4 is 11.1 Å². The molecule has 0 radical (unpaired) electrons. The molecular formula is C15H19N3O. The van der Waals surface area contributed by atoms with Crippen LogP contribution in [0.1, 0.15) is 31.9 Å². The Balaban J connectivity index is 2.04. The highest BCUT2D eigenvalue weighted by molar-refractivity contribution is 5.92. The van der Waals surface area contributed by atoms with E-state index in [2.05, 4.69) is 29.1 Å². The third-order valence-electron chi connectivity index (χ3n) is 3.52. The van der Waals surface area contributed by atoms with E-state index in [0.717, 1.165) is 19.3 Å². The second kappa shape index (κ2) is 6.35. The van der Waals surface area contributed by atoms with E-state index in [1.807, 2.05) is 6.07 Å². The SMILES string of the molecule is CC1CCCC1C(=O)Nc1cccc(C#CCN)n1. The largest absolute Gasteiger partial charge is 0.320 e. The summed E-state index contributed by atoms with van der Waals surface area (Å²) in [6.07, 6.45) is 3.24. The molecule has 100 valence electrons. The van der Waals surface area contributed by atoms with Gasteiger partial charge in [0.2, 0.25) is 5.91 Å². The maximum Gasteiger partial charge on any atom is 0.228 e. The smallest absolute Gasteiger partial charge is 0.228 e. The predicted molar refractivity (Wildman–Crippen MR) is 75.3 cm³/mol. The fraction of sp³-hybridized carbons (Fsp3) is 0.467. The number of nitrogens with two attached hydrogens (primary N) is 1. The first-order valence-corrected chi connectivity index (χ1v) is 6.67. The molecule has 0 saturated heterocycles. The van der Waals surface area contributed by atoms with Crippen molar-refractivity contribution in [2.24, 2.45) is 17.6 Å². The fourth-order valence-electron chi connectivity index (χ4n) is 2.47. The van der Waals surface area contributed by atoms with E-state index in [0.29, 0.717) is 24.0 Å². The Kier molecular flexibility index (Phi) is 4.53. The summed E-state index contributed by atoms with van der Waals surface area (Å²) in [5, 5.41) is 2.88. The molecule has 0 bridgehead atoms. The summed E-state index contributed by atoms with van der Waals surface area (Å²) in [6.45, 7) is 2.44. The lowest BCUT2D eigenvalue weighted by Gasteiger charge is -2.14. The summed E-state index contributed by atoms with van der Waals surface area (Å²) >= 11 is 0. The number of anilines is 1. The highest BCUT2D eigenvalue weighted by Crippen LogP contribution is 2.31. The lowest BCUT2D eigenvalue weighted by molar-refractivity contribution is -0.120. The number of carbonyl (C=O) groups is 1. The average Bonchev–Trinajstić information content (AvgIpc) is 2.83. The van der Waals surface area contributed by atoms with Crippen molar-refractivity contribution in [2.75, 3.05) is 11.9 Å². The first kappa shape index (κ1) is 13.6. The third kappa shape index (κ3) is 3.55. The average molecular weight is 257 g/mol. The second-order valence-corrected chi connectivity index (χ2v) is 4.92. The number of nitrogens with zero attached hydrogens (tertiary/aromatic N) is 1. The Morgan fingerprint density at radius 3 is 3.05 bits per heavy atom. The minimum Gasteiger partial charge on any atom is -0.320 e. The molecule has 1 aliphatic rings. The molecular weight excluding hydrogens is 238 g/mol. The Bertz CT molecular complexity index is 516. The van der Waals surface area contributed by atoms with Gasteiger partial charge < -0.3 is 11.1 Å². The highest BCUT2D eigenvalue weighted by Gasteiger charge is 2.29. The van der Waals surface area contributed by atoms with Gasteiger partial charge in [-0.1, -0.05) is 25.3 Å². The quantitative estimate of drug-likeness (QED) is 0.793. The van der Waals surface area contributed by atoms with Crippen LogP contribution in [0.2, 0.25) is 0 Å². The van der Waals surface area contributed by atoms with Crippen molar-refractivity contribution in [3.05, 3.63) is 23.9 Å². The van der Waals surface area contributed by atoms with Crippen molar-refractivity contribution in [3.8, 4) is 11.8 Å². The van der Waals surface area contributed by atoms with Gasteiger partial charge in [0.25, 0.3) is 0 Å². The van der Waals surface area contributed by atoms with Crippen molar-refractivity contribution in [3.63, 3.8) is 0 Å². The zero-order valence-corrected chi connectivity index (χ0v) is 11.1. The van der Waals surface area contributed by atoms with Crippen LogP contribution in [0.4, 0.5) is 5.82 Å². The Morgan fingerprint density at radius 1 is 1.53 bits per heavy atom. The molecule has 2 unspecified atom stereocenters. The number of carbonyl (C=O) groups excluding carboxylic acids is 1. The van der Waals surface area contributed by atoms with Gasteiger partial charge in [0.05, 0.1) is 6.54 Å². The molecule has 1 aliphatic carbocycles. The molecule has 19 heavy (non-hydrogen) atoms. The van der Waals surface area contributed by atoms with Crippen LogP contribution in [0.3, 0.4) is 0 Å². The van der Waals surface area contributed by atoms with Crippen LogP contribution in [0.5, 0.6) is 0 Å².